The number of benzene rings is 2. The van der Waals surface area contributed by atoms with Crippen molar-refractivity contribution in [3.05, 3.63) is 60.3 Å². The van der Waals surface area contributed by atoms with Crippen LogP contribution in [0.5, 0.6) is 5.75 Å². The summed E-state index contributed by atoms with van der Waals surface area (Å²) in [6, 6.07) is 11.3. The summed E-state index contributed by atoms with van der Waals surface area (Å²) in [7, 11) is 0. The molecule has 8 nitrogen and oxygen atoms in total. The van der Waals surface area contributed by atoms with E-state index >= 15 is 0 Å². The lowest BCUT2D eigenvalue weighted by molar-refractivity contribution is -0.274. The fourth-order valence-corrected chi connectivity index (χ4v) is 4.32. The first-order valence-electron chi connectivity index (χ1n) is 11.4. The van der Waals surface area contributed by atoms with Crippen molar-refractivity contribution in [1.29, 1.82) is 0 Å². The number of nitrogens with zero attached hydrogens (tertiary/aromatic N) is 2. The van der Waals surface area contributed by atoms with E-state index in [1.165, 1.54) is 17.0 Å². The lowest BCUT2D eigenvalue weighted by atomic mass is 10.2. The summed E-state index contributed by atoms with van der Waals surface area (Å²) in [5.41, 5.74) is 1.14. The van der Waals surface area contributed by atoms with Gasteiger partial charge in [-0.05, 0) is 38.0 Å². The molecule has 11 heteroatoms. The standard InChI is InChI=1S/C25H24F3N3O5/c1-2-35-24(34)19-14-30(20-10-4-3-9-18(19)20)15-22(32)31-12-6-11-21(31)23(33)29-16-7-5-8-17(13-16)36-25(26,27)28/h3-5,7-10,13-14,21H,2,6,11-12,15H2,1H3,(H,29,33). The van der Waals surface area contributed by atoms with Crippen LogP contribution >= 0.6 is 0 Å². The minimum atomic E-state index is -4.85. The van der Waals surface area contributed by atoms with Crippen molar-refractivity contribution >= 4 is 34.4 Å². The zero-order valence-electron chi connectivity index (χ0n) is 19.4. The number of nitrogens with one attached hydrogen (secondary N) is 1. The van der Waals surface area contributed by atoms with Gasteiger partial charge < -0.3 is 24.3 Å². The van der Waals surface area contributed by atoms with Gasteiger partial charge in [0.2, 0.25) is 11.8 Å². The normalized spacial score (nSPS) is 15.7. The lowest BCUT2D eigenvalue weighted by Gasteiger charge is -2.24. The minimum absolute atomic E-state index is 0.0986. The van der Waals surface area contributed by atoms with Gasteiger partial charge in [0.25, 0.3) is 0 Å². The topological polar surface area (TPSA) is 89.9 Å². The summed E-state index contributed by atoms with van der Waals surface area (Å²) >= 11 is 0. The third-order valence-corrected chi connectivity index (χ3v) is 5.80. The number of carbonyl (C=O) groups excluding carboxylic acids is 3. The summed E-state index contributed by atoms with van der Waals surface area (Å²) in [5, 5.41) is 3.23. The van der Waals surface area contributed by atoms with E-state index in [0.29, 0.717) is 35.9 Å². The number of para-hydroxylation sites is 1. The van der Waals surface area contributed by atoms with E-state index in [-0.39, 0.29) is 24.7 Å². The summed E-state index contributed by atoms with van der Waals surface area (Å²) in [5.74, 6) is -1.78. The highest BCUT2D eigenvalue weighted by Crippen LogP contribution is 2.27. The molecule has 4 rings (SSSR count). The zero-order valence-corrected chi connectivity index (χ0v) is 19.4. The average Bonchev–Trinajstić information content (AvgIpc) is 3.44. The maximum atomic E-state index is 13.2. The maximum Gasteiger partial charge on any atom is 0.573 e. The molecule has 1 N–H and O–H groups in total. The Bertz CT molecular complexity index is 1290. The van der Waals surface area contributed by atoms with Gasteiger partial charge in [-0.15, -0.1) is 13.2 Å². The van der Waals surface area contributed by atoms with Gasteiger partial charge in [-0.3, -0.25) is 9.59 Å². The van der Waals surface area contributed by atoms with Crippen molar-refractivity contribution in [2.24, 2.45) is 0 Å². The number of amides is 2. The van der Waals surface area contributed by atoms with Gasteiger partial charge in [0.05, 0.1) is 12.2 Å². The third kappa shape index (κ3) is 5.61. The predicted molar refractivity (Wildman–Crippen MR) is 124 cm³/mol. The largest absolute Gasteiger partial charge is 0.573 e. The molecule has 0 spiro atoms. The number of carbonyl (C=O) groups is 3. The highest BCUT2D eigenvalue weighted by Gasteiger charge is 2.35. The van der Waals surface area contributed by atoms with Crippen molar-refractivity contribution < 1.29 is 37.0 Å². The van der Waals surface area contributed by atoms with Crippen molar-refractivity contribution in [1.82, 2.24) is 9.47 Å². The van der Waals surface area contributed by atoms with Crippen LogP contribution < -0.4 is 10.1 Å². The van der Waals surface area contributed by atoms with Crippen LogP contribution in [-0.2, 0) is 20.9 Å². The van der Waals surface area contributed by atoms with Gasteiger partial charge in [-0.25, -0.2) is 4.79 Å². The van der Waals surface area contributed by atoms with Crippen LogP contribution in [0.3, 0.4) is 0 Å². The summed E-state index contributed by atoms with van der Waals surface area (Å²) in [6.07, 6.45) is -2.27. The molecule has 1 unspecified atom stereocenters. The second kappa shape index (κ2) is 10.3. The van der Waals surface area contributed by atoms with Crippen molar-refractivity contribution in [2.75, 3.05) is 18.5 Å². The monoisotopic (exact) mass is 503 g/mol. The first-order chi connectivity index (χ1) is 17.2. The van der Waals surface area contributed by atoms with Crippen LogP contribution in [0.15, 0.2) is 54.7 Å². The Labute approximate surface area is 204 Å². The van der Waals surface area contributed by atoms with Crippen LogP contribution in [0.25, 0.3) is 10.9 Å². The van der Waals surface area contributed by atoms with Crippen LogP contribution in [0.2, 0.25) is 0 Å². The third-order valence-electron chi connectivity index (χ3n) is 5.80. The first-order valence-corrected chi connectivity index (χ1v) is 11.4. The summed E-state index contributed by atoms with van der Waals surface area (Å²) < 4.78 is 48.2. The van der Waals surface area contributed by atoms with E-state index in [9.17, 15) is 27.6 Å². The predicted octanol–water partition coefficient (Wildman–Crippen LogP) is 4.35. The number of hydrogen-bond acceptors (Lipinski definition) is 5. The summed E-state index contributed by atoms with van der Waals surface area (Å²) in [6.45, 7) is 2.18. The molecule has 0 saturated carbocycles. The van der Waals surface area contributed by atoms with Crippen molar-refractivity contribution in [3.8, 4) is 5.75 Å². The Morgan fingerprint density at radius 1 is 1.11 bits per heavy atom. The number of hydrogen-bond donors (Lipinski definition) is 1. The number of anilines is 1. The zero-order chi connectivity index (χ0) is 25.9. The minimum Gasteiger partial charge on any atom is -0.462 e. The number of ether oxygens (including phenoxy) is 2. The first kappa shape index (κ1) is 25.1. The number of aromatic nitrogens is 1. The van der Waals surface area contributed by atoms with Crippen LogP contribution in [0.4, 0.5) is 18.9 Å². The molecular weight excluding hydrogens is 479 g/mol. The smallest absolute Gasteiger partial charge is 0.462 e. The van der Waals surface area contributed by atoms with Gasteiger partial charge in [0, 0.05) is 35.4 Å². The van der Waals surface area contributed by atoms with E-state index in [1.54, 1.807) is 42.0 Å². The molecule has 0 aliphatic carbocycles. The molecule has 1 saturated heterocycles. The van der Waals surface area contributed by atoms with Gasteiger partial charge in [0.15, 0.2) is 0 Å². The van der Waals surface area contributed by atoms with E-state index in [0.717, 1.165) is 12.1 Å². The Balaban J connectivity index is 1.48. The number of fused-ring (bicyclic) bond motifs is 1. The van der Waals surface area contributed by atoms with Crippen LogP contribution in [0.1, 0.15) is 30.1 Å². The Hall–Kier alpha value is -4.02. The quantitative estimate of drug-likeness (QED) is 0.485. The molecule has 2 amide bonds. The molecule has 1 fully saturated rings. The molecule has 2 aromatic carbocycles. The van der Waals surface area contributed by atoms with Crippen LogP contribution in [0, 0.1) is 0 Å². The molecule has 2 heterocycles. The van der Waals surface area contributed by atoms with Crippen molar-refractivity contribution in [2.45, 2.75) is 38.7 Å². The molecule has 190 valence electrons. The number of esters is 1. The second-order valence-electron chi connectivity index (χ2n) is 8.22. The number of alkyl halides is 3. The molecule has 3 aromatic rings. The molecule has 36 heavy (non-hydrogen) atoms. The number of rotatable bonds is 7. The van der Waals surface area contributed by atoms with Gasteiger partial charge in [0.1, 0.15) is 18.3 Å². The maximum absolute atomic E-state index is 13.2. The Morgan fingerprint density at radius 3 is 2.64 bits per heavy atom. The average molecular weight is 503 g/mol. The molecule has 1 aliphatic heterocycles. The number of halogens is 3. The highest BCUT2D eigenvalue weighted by molar-refractivity contribution is 6.05. The lowest BCUT2D eigenvalue weighted by Crippen LogP contribution is -2.44. The van der Waals surface area contributed by atoms with E-state index < -0.39 is 30.0 Å². The number of likely N-dealkylation sites (tertiary alicyclic amines) is 1. The molecule has 0 radical (unpaired) electrons. The molecule has 1 aromatic heterocycles. The SMILES string of the molecule is CCOC(=O)c1cn(CC(=O)N2CCCC2C(=O)Nc2cccc(OC(F)(F)F)c2)c2ccccc12. The van der Waals surface area contributed by atoms with E-state index in [1.807, 2.05) is 0 Å². The van der Waals surface area contributed by atoms with Gasteiger partial charge in [-0.1, -0.05) is 24.3 Å². The van der Waals surface area contributed by atoms with Crippen molar-refractivity contribution in [3.63, 3.8) is 0 Å². The summed E-state index contributed by atoms with van der Waals surface area (Å²) in [4.78, 5) is 39.9. The molecule has 1 aliphatic rings. The highest BCUT2D eigenvalue weighted by atomic mass is 19.4. The fraction of sp³-hybridized carbons (Fsp3) is 0.320. The van der Waals surface area contributed by atoms with Gasteiger partial charge in [-0.2, -0.15) is 0 Å². The fourth-order valence-electron chi connectivity index (χ4n) is 4.32. The van der Waals surface area contributed by atoms with E-state index in [4.69, 9.17) is 4.74 Å². The van der Waals surface area contributed by atoms with E-state index in [2.05, 4.69) is 10.1 Å². The molecule has 0 bridgehead atoms. The Kier molecular flexibility index (Phi) is 7.18. The second-order valence-corrected chi connectivity index (χ2v) is 8.22. The Morgan fingerprint density at radius 2 is 1.89 bits per heavy atom. The molecular formula is C25H24F3N3O5. The van der Waals surface area contributed by atoms with Crippen LogP contribution in [-0.4, -0.2) is 52.8 Å². The van der Waals surface area contributed by atoms with Gasteiger partial charge >= 0.3 is 12.3 Å². The molecule has 1 atom stereocenters.